The van der Waals surface area contributed by atoms with Crippen molar-refractivity contribution < 1.29 is 13.9 Å². The molecule has 2 aromatic rings. The molecule has 1 amide bonds. The molecule has 4 rings (SSSR count). The maximum atomic E-state index is 14.2. The molecule has 0 radical (unpaired) electrons. The first kappa shape index (κ1) is 18.9. The van der Waals surface area contributed by atoms with Crippen molar-refractivity contribution >= 4 is 5.91 Å². The van der Waals surface area contributed by atoms with Gasteiger partial charge in [0.25, 0.3) is 0 Å². The number of nitrogens with zero attached hydrogens (tertiary/aromatic N) is 5. The Bertz CT molecular complexity index is 828. The zero-order valence-corrected chi connectivity index (χ0v) is 16.2. The molecule has 1 aromatic carbocycles. The van der Waals surface area contributed by atoms with Gasteiger partial charge in [-0.05, 0) is 44.0 Å². The van der Waals surface area contributed by atoms with Gasteiger partial charge in [-0.2, -0.15) is 5.10 Å². The second-order valence-corrected chi connectivity index (χ2v) is 7.93. The lowest BCUT2D eigenvalue weighted by molar-refractivity contribution is -0.131. The van der Waals surface area contributed by atoms with E-state index in [0.717, 1.165) is 45.4 Å². The van der Waals surface area contributed by atoms with Crippen LogP contribution in [0.4, 0.5) is 4.39 Å². The minimum absolute atomic E-state index is 0.0818. The summed E-state index contributed by atoms with van der Waals surface area (Å²) in [6.45, 7) is 4.17. The molecular weight excluding hydrogens is 361 g/mol. The van der Waals surface area contributed by atoms with Gasteiger partial charge in [0.1, 0.15) is 30.8 Å². The molecule has 1 unspecified atom stereocenters. The molecule has 8 heteroatoms. The molecule has 2 saturated heterocycles. The predicted molar refractivity (Wildman–Crippen MR) is 101 cm³/mol. The molecule has 28 heavy (non-hydrogen) atoms. The third-order valence-corrected chi connectivity index (χ3v) is 5.94. The number of hydrogen-bond acceptors (Lipinski definition) is 5. The van der Waals surface area contributed by atoms with Crippen molar-refractivity contribution in [2.45, 2.75) is 32.4 Å². The fraction of sp³-hybridized carbons (Fsp3) is 0.550. The summed E-state index contributed by atoms with van der Waals surface area (Å²) in [4.78, 5) is 20.7. The Kier molecular flexibility index (Phi) is 5.30. The molecule has 150 valence electrons. The van der Waals surface area contributed by atoms with Gasteiger partial charge in [-0.25, -0.2) is 14.1 Å². The summed E-state index contributed by atoms with van der Waals surface area (Å²) in [5.41, 5.74) is 0.763. The number of piperidine rings is 1. The standard InChI is InChI=1S/C20H26FN5O2/c1-28-17-3-4-18(21)16(9-17)10-24-7-2-5-20(12-24)6-8-25(13-20)19(27)11-26-15-22-14-23-26/h3-4,9,14-15H,2,5-8,10-13H2,1H3. The van der Waals surface area contributed by atoms with E-state index in [2.05, 4.69) is 15.0 Å². The van der Waals surface area contributed by atoms with E-state index in [1.807, 2.05) is 4.90 Å². The van der Waals surface area contributed by atoms with E-state index in [0.29, 0.717) is 17.9 Å². The van der Waals surface area contributed by atoms with Crippen molar-refractivity contribution in [3.8, 4) is 5.75 Å². The van der Waals surface area contributed by atoms with Crippen molar-refractivity contribution in [3.63, 3.8) is 0 Å². The smallest absolute Gasteiger partial charge is 0.244 e. The van der Waals surface area contributed by atoms with Gasteiger partial charge in [0.05, 0.1) is 7.11 Å². The van der Waals surface area contributed by atoms with Crippen LogP contribution in [0.1, 0.15) is 24.8 Å². The summed E-state index contributed by atoms with van der Waals surface area (Å²) in [5, 5.41) is 4.02. The van der Waals surface area contributed by atoms with Crippen molar-refractivity contribution in [2.24, 2.45) is 5.41 Å². The molecule has 2 aliphatic heterocycles. The first-order chi connectivity index (χ1) is 13.6. The summed E-state index contributed by atoms with van der Waals surface area (Å²) in [5.74, 6) is 0.559. The SMILES string of the molecule is COc1ccc(F)c(CN2CCCC3(CCN(C(=O)Cn4cncn4)C3)C2)c1. The van der Waals surface area contributed by atoms with Crippen LogP contribution in [0, 0.1) is 11.2 Å². The number of carbonyl (C=O) groups is 1. The molecule has 0 bridgehead atoms. The molecule has 0 saturated carbocycles. The van der Waals surface area contributed by atoms with Gasteiger partial charge in [-0.1, -0.05) is 0 Å². The number of likely N-dealkylation sites (tertiary alicyclic amines) is 2. The maximum absolute atomic E-state index is 14.2. The zero-order chi connectivity index (χ0) is 19.6. The summed E-state index contributed by atoms with van der Waals surface area (Å²) in [6, 6.07) is 4.89. The molecule has 1 spiro atoms. The Morgan fingerprint density at radius 2 is 2.18 bits per heavy atom. The van der Waals surface area contributed by atoms with Gasteiger partial charge in [0.2, 0.25) is 5.91 Å². The predicted octanol–water partition coefficient (Wildman–Crippen LogP) is 1.94. The van der Waals surface area contributed by atoms with Crippen LogP contribution in [0.2, 0.25) is 0 Å². The molecular formula is C20H26FN5O2. The summed E-state index contributed by atoms with van der Waals surface area (Å²) in [6.07, 6.45) is 6.17. The second kappa shape index (κ2) is 7.87. The van der Waals surface area contributed by atoms with Crippen molar-refractivity contribution in [1.29, 1.82) is 0 Å². The van der Waals surface area contributed by atoms with Crippen molar-refractivity contribution in [1.82, 2.24) is 24.6 Å². The topological polar surface area (TPSA) is 63.5 Å². The van der Waals surface area contributed by atoms with Gasteiger partial charge < -0.3 is 9.64 Å². The number of benzene rings is 1. The fourth-order valence-electron chi connectivity index (χ4n) is 4.52. The molecule has 1 atom stereocenters. The van der Waals surface area contributed by atoms with Crippen LogP contribution >= 0.6 is 0 Å². The van der Waals surface area contributed by atoms with Crippen LogP contribution in [0.25, 0.3) is 0 Å². The van der Waals surface area contributed by atoms with Gasteiger partial charge in [0, 0.05) is 37.2 Å². The Balaban J connectivity index is 1.39. The highest BCUT2D eigenvalue weighted by Gasteiger charge is 2.42. The number of rotatable bonds is 5. The highest BCUT2D eigenvalue weighted by Crippen LogP contribution is 2.39. The largest absolute Gasteiger partial charge is 0.497 e. The lowest BCUT2D eigenvalue weighted by Gasteiger charge is -2.40. The number of aromatic nitrogens is 3. The number of halogens is 1. The van der Waals surface area contributed by atoms with Gasteiger partial charge in [0.15, 0.2) is 0 Å². The lowest BCUT2D eigenvalue weighted by Crippen LogP contribution is -2.45. The molecule has 0 aliphatic carbocycles. The normalized spacial score (nSPS) is 22.7. The minimum atomic E-state index is -0.198. The van der Waals surface area contributed by atoms with E-state index in [1.54, 1.807) is 30.3 Å². The highest BCUT2D eigenvalue weighted by molar-refractivity contribution is 5.76. The Morgan fingerprint density at radius 3 is 2.96 bits per heavy atom. The lowest BCUT2D eigenvalue weighted by atomic mass is 9.79. The fourth-order valence-corrected chi connectivity index (χ4v) is 4.52. The van der Waals surface area contributed by atoms with E-state index in [1.165, 1.54) is 12.4 Å². The van der Waals surface area contributed by atoms with E-state index in [4.69, 9.17) is 4.74 Å². The first-order valence-corrected chi connectivity index (χ1v) is 9.72. The molecule has 0 N–H and O–H groups in total. The molecule has 2 aliphatic rings. The number of ether oxygens (including phenoxy) is 1. The second-order valence-electron chi connectivity index (χ2n) is 7.93. The third kappa shape index (κ3) is 4.01. The van der Waals surface area contributed by atoms with E-state index in [9.17, 15) is 9.18 Å². The van der Waals surface area contributed by atoms with E-state index >= 15 is 0 Å². The number of hydrogen-bond donors (Lipinski definition) is 0. The van der Waals surface area contributed by atoms with Crippen LogP contribution < -0.4 is 4.74 Å². The van der Waals surface area contributed by atoms with Crippen LogP contribution in [0.5, 0.6) is 5.75 Å². The third-order valence-electron chi connectivity index (χ3n) is 5.94. The molecule has 7 nitrogen and oxygen atoms in total. The quantitative estimate of drug-likeness (QED) is 0.785. The molecule has 1 aromatic heterocycles. The van der Waals surface area contributed by atoms with Gasteiger partial charge in [-0.15, -0.1) is 0 Å². The highest BCUT2D eigenvalue weighted by atomic mass is 19.1. The minimum Gasteiger partial charge on any atom is -0.497 e. The van der Waals surface area contributed by atoms with Crippen LogP contribution in [0.3, 0.4) is 0 Å². The monoisotopic (exact) mass is 387 g/mol. The van der Waals surface area contributed by atoms with Gasteiger partial charge in [-0.3, -0.25) is 9.69 Å². The number of amides is 1. The zero-order valence-electron chi connectivity index (χ0n) is 16.2. The van der Waals surface area contributed by atoms with Gasteiger partial charge >= 0.3 is 0 Å². The maximum Gasteiger partial charge on any atom is 0.244 e. The van der Waals surface area contributed by atoms with E-state index < -0.39 is 0 Å². The van der Waals surface area contributed by atoms with Crippen molar-refractivity contribution in [3.05, 3.63) is 42.2 Å². The Hall–Kier alpha value is -2.48. The number of carbonyl (C=O) groups excluding carboxylic acids is 1. The average molecular weight is 387 g/mol. The number of methoxy groups -OCH3 is 1. The Morgan fingerprint density at radius 1 is 1.29 bits per heavy atom. The van der Waals surface area contributed by atoms with Crippen molar-refractivity contribution in [2.75, 3.05) is 33.3 Å². The average Bonchev–Trinajstić information content (AvgIpc) is 3.34. The summed E-state index contributed by atoms with van der Waals surface area (Å²) < 4.78 is 21.0. The molecule has 3 heterocycles. The first-order valence-electron chi connectivity index (χ1n) is 9.72. The van der Waals surface area contributed by atoms with Crippen LogP contribution in [-0.2, 0) is 17.9 Å². The summed E-state index contributed by atoms with van der Waals surface area (Å²) >= 11 is 0. The van der Waals surface area contributed by atoms with Crippen LogP contribution in [0.15, 0.2) is 30.9 Å². The molecule has 2 fully saturated rings. The summed E-state index contributed by atoms with van der Waals surface area (Å²) in [7, 11) is 1.59. The van der Waals surface area contributed by atoms with E-state index in [-0.39, 0.29) is 23.7 Å². The Labute approximate surface area is 164 Å². The van der Waals surface area contributed by atoms with Crippen LogP contribution in [-0.4, -0.2) is 63.8 Å².